The Hall–Kier alpha value is -1.94. The Balaban J connectivity index is 1.90. The van der Waals surface area contributed by atoms with E-state index in [9.17, 15) is 4.79 Å². The van der Waals surface area contributed by atoms with E-state index in [-0.39, 0.29) is 11.8 Å². The summed E-state index contributed by atoms with van der Waals surface area (Å²) in [5, 5.41) is 5.85. The fourth-order valence-corrected chi connectivity index (χ4v) is 2.13. The van der Waals surface area contributed by atoms with Crippen LogP contribution in [0.25, 0.3) is 0 Å². The first-order valence-electron chi connectivity index (χ1n) is 5.69. The Morgan fingerprint density at radius 3 is 2.72 bits per heavy atom. The maximum Gasteiger partial charge on any atom is 0.281 e. The lowest BCUT2D eigenvalue weighted by Gasteiger charge is -2.04. The van der Waals surface area contributed by atoms with Crippen LogP contribution >= 0.6 is 11.3 Å². The van der Waals surface area contributed by atoms with Crippen LogP contribution in [0.2, 0.25) is 0 Å². The van der Waals surface area contributed by atoms with E-state index in [0.717, 1.165) is 0 Å². The second-order valence-corrected chi connectivity index (χ2v) is 4.84. The summed E-state index contributed by atoms with van der Waals surface area (Å²) in [6.45, 7) is 2.04. The van der Waals surface area contributed by atoms with Gasteiger partial charge in [0.2, 0.25) is 0 Å². The largest absolute Gasteiger partial charge is 0.281 e. The van der Waals surface area contributed by atoms with E-state index in [2.05, 4.69) is 10.5 Å². The van der Waals surface area contributed by atoms with Crippen LogP contribution in [0.5, 0.6) is 0 Å². The molecule has 0 saturated heterocycles. The number of benzene rings is 1. The first-order chi connectivity index (χ1) is 8.77. The van der Waals surface area contributed by atoms with Crippen LogP contribution in [-0.2, 0) is 0 Å². The zero-order chi connectivity index (χ0) is 12.8. The molecule has 92 valence electrons. The molecule has 1 aromatic carbocycles. The Bertz CT molecular complexity index is 520. The average Bonchev–Trinajstić information content (AvgIpc) is 2.93. The van der Waals surface area contributed by atoms with Gasteiger partial charge in [-0.25, -0.2) is 5.43 Å². The standard InChI is InChI=1S/C14H14N2OS/c1-11(12-6-3-2-4-7-12)10-15-16-14(17)13-8-5-9-18-13/h2-11H,1H3,(H,16,17)/b15-10-/t11-/m0/s1. The molecule has 1 amide bonds. The molecule has 0 saturated carbocycles. The van der Waals surface area contributed by atoms with Crippen LogP contribution in [0.1, 0.15) is 28.1 Å². The Kier molecular flexibility index (Phi) is 4.25. The minimum atomic E-state index is -0.165. The molecular formula is C14H14N2OS. The van der Waals surface area contributed by atoms with Gasteiger partial charge in [0.15, 0.2) is 0 Å². The lowest BCUT2D eigenvalue weighted by Crippen LogP contribution is -2.16. The van der Waals surface area contributed by atoms with E-state index in [1.165, 1.54) is 16.9 Å². The van der Waals surface area contributed by atoms with Gasteiger partial charge >= 0.3 is 0 Å². The van der Waals surface area contributed by atoms with E-state index in [0.29, 0.717) is 4.88 Å². The number of hydrogen-bond donors (Lipinski definition) is 1. The number of carbonyl (C=O) groups excluding carboxylic acids is 1. The highest BCUT2D eigenvalue weighted by atomic mass is 32.1. The van der Waals surface area contributed by atoms with Crippen molar-refractivity contribution in [2.24, 2.45) is 5.10 Å². The fourth-order valence-electron chi connectivity index (χ4n) is 1.51. The normalized spacial score (nSPS) is 12.5. The van der Waals surface area contributed by atoms with Gasteiger partial charge in [-0.2, -0.15) is 5.10 Å². The van der Waals surface area contributed by atoms with Gasteiger partial charge in [0.05, 0.1) is 4.88 Å². The summed E-state index contributed by atoms with van der Waals surface area (Å²) in [7, 11) is 0. The molecule has 2 aromatic rings. The topological polar surface area (TPSA) is 41.5 Å². The van der Waals surface area contributed by atoms with E-state index >= 15 is 0 Å². The highest BCUT2D eigenvalue weighted by Crippen LogP contribution is 2.11. The molecule has 4 heteroatoms. The third-order valence-electron chi connectivity index (χ3n) is 2.53. The van der Waals surface area contributed by atoms with Gasteiger partial charge in [-0.05, 0) is 17.0 Å². The zero-order valence-electron chi connectivity index (χ0n) is 10.0. The summed E-state index contributed by atoms with van der Waals surface area (Å²) in [4.78, 5) is 12.3. The van der Waals surface area contributed by atoms with E-state index < -0.39 is 0 Å². The Morgan fingerprint density at radius 1 is 1.28 bits per heavy atom. The molecule has 0 spiro atoms. The highest BCUT2D eigenvalue weighted by molar-refractivity contribution is 7.12. The van der Waals surface area contributed by atoms with Crippen LogP contribution < -0.4 is 5.43 Å². The van der Waals surface area contributed by atoms with Crippen molar-refractivity contribution in [2.45, 2.75) is 12.8 Å². The molecule has 0 radical (unpaired) electrons. The molecule has 0 aliphatic rings. The van der Waals surface area contributed by atoms with E-state index in [4.69, 9.17) is 0 Å². The second kappa shape index (κ2) is 6.12. The van der Waals surface area contributed by atoms with Crippen molar-refractivity contribution >= 4 is 23.5 Å². The molecular weight excluding hydrogens is 244 g/mol. The lowest BCUT2D eigenvalue weighted by molar-refractivity contribution is 0.0959. The van der Waals surface area contributed by atoms with Gasteiger partial charge in [-0.3, -0.25) is 4.79 Å². The second-order valence-electron chi connectivity index (χ2n) is 3.90. The van der Waals surface area contributed by atoms with Crippen molar-refractivity contribution in [2.75, 3.05) is 0 Å². The summed E-state index contributed by atoms with van der Waals surface area (Å²) in [6.07, 6.45) is 1.74. The van der Waals surface area contributed by atoms with Crippen molar-refractivity contribution in [1.82, 2.24) is 5.43 Å². The number of hydrogen-bond acceptors (Lipinski definition) is 3. The van der Waals surface area contributed by atoms with Crippen LogP contribution in [0.3, 0.4) is 0 Å². The summed E-state index contributed by atoms with van der Waals surface area (Å²) in [5.41, 5.74) is 3.70. The van der Waals surface area contributed by atoms with Crippen LogP contribution in [0.15, 0.2) is 52.9 Å². The number of nitrogens with one attached hydrogen (secondary N) is 1. The number of rotatable bonds is 4. The van der Waals surface area contributed by atoms with Gasteiger partial charge in [0, 0.05) is 12.1 Å². The maximum atomic E-state index is 11.6. The van der Waals surface area contributed by atoms with Crippen LogP contribution in [0, 0.1) is 0 Å². The number of thiophene rings is 1. The van der Waals surface area contributed by atoms with Gasteiger partial charge in [0.25, 0.3) is 5.91 Å². The number of hydrazone groups is 1. The van der Waals surface area contributed by atoms with Gasteiger partial charge in [-0.15, -0.1) is 11.3 Å². The van der Waals surface area contributed by atoms with Crippen molar-refractivity contribution < 1.29 is 4.79 Å². The molecule has 0 unspecified atom stereocenters. The molecule has 0 aliphatic heterocycles. The monoisotopic (exact) mass is 258 g/mol. The molecule has 1 heterocycles. The third-order valence-corrected chi connectivity index (χ3v) is 3.40. The number of amides is 1. The molecule has 0 fully saturated rings. The first kappa shape index (κ1) is 12.5. The molecule has 3 nitrogen and oxygen atoms in total. The predicted molar refractivity (Wildman–Crippen MR) is 75.1 cm³/mol. The Labute approximate surface area is 110 Å². The third kappa shape index (κ3) is 3.28. The quantitative estimate of drug-likeness (QED) is 0.663. The summed E-state index contributed by atoms with van der Waals surface area (Å²) >= 11 is 1.40. The van der Waals surface area contributed by atoms with Crippen molar-refractivity contribution in [3.63, 3.8) is 0 Å². The maximum absolute atomic E-state index is 11.6. The first-order valence-corrected chi connectivity index (χ1v) is 6.57. The summed E-state index contributed by atoms with van der Waals surface area (Å²) in [5.74, 6) is 0.0105. The summed E-state index contributed by atoms with van der Waals surface area (Å²) in [6, 6.07) is 13.7. The summed E-state index contributed by atoms with van der Waals surface area (Å²) < 4.78 is 0. The zero-order valence-corrected chi connectivity index (χ0v) is 10.9. The highest BCUT2D eigenvalue weighted by Gasteiger charge is 2.05. The molecule has 2 rings (SSSR count). The smallest absolute Gasteiger partial charge is 0.266 e. The van der Waals surface area contributed by atoms with Gasteiger partial charge in [0.1, 0.15) is 0 Å². The molecule has 0 aliphatic carbocycles. The minimum Gasteiger partial charge on any atom is -0.266 e. The molecule has 1 atom stereocenters. The van der Waals surface area contributed by atoms with Crippen LogP contribution in [0.4, 0.5) is 0 Å². The SMILES string of the molecule is C[C@@H](/C=N\NC(=O)c1cccs1)c1ccccc1. The van der Waals surface area contributed by atoms with Crippen LogP contribution in [-0.4, -0.2) is 12.1 Å². The van der Waals surface area contributed by atoms with Gasteiger partial charge < -0.3 is 0 Å². The van der Waals surface area contributed by atoms with Crippen molar-refractivity contribution in [1.29, 1.82) is 0 Å². The van der Waals surface area contributed by atoms with E-state index in [1.54, 1.807) is 12.3 Å². The molecule has 18 heavy (non-hydrogen) atoms. The van der Waals surface area contributed by atoms with Gasteiger partial charge in [-0.1, -0.05) is 43.3 Å². The lowest BCUT2D eigenvalue weighted by atomic mass is 10.0. The fraction of sp³-hybridized carbons (Fsp3) is 0.143. The Morgan fingerprint density at radius 2 is 2.06 bits per heavy atom. The predicted octanol–water partition coefficient (Wildman–Crippen LogP) is 3.27. The molecule has 1 aromatic heterocycles. The molecule has 1 N–H and O–H groups in total. The minimum absolute atomic E-state index is 0.165. The number of carbonyl (C=O) groups is 1. The number of nitrogens with zero attached hydrogens (tertiary/aromatic N) is 1. The van der Waals surface area contributed by atoms with E-state index in [1.807, 2.05) is 48.7 Å². The average molecular weight is 258 g/mol. The molecule has 0 bridgehead atoms. The van der Waals surface area contributed by atoms with Crippen molar-refractivity contribution in [3.05, 3.63) is 58.3 Å². The van der Waals surface area contributed by atoms with Crippen molar-refractivity contribution in [3.8, 4) is 0 Å².